The van der Waals surface area contributed by atoms with Gasteiger partial charge in [-0.15, -0.1) is 0 Å². The lowest BCUT2D eigenvalue weighted by atomic mass is 9.82. The summed E-state index contributed by atoms with van der Waals surface area (Å²) < 4.78 is 0. The second-order valence-electron chi connectivity index (χ2n) is 7.29. The average Bonchev–Trinajstić information content (AvgIpc) is 2.64. The van der Waals surface area contributed by atoms with Crippen molar-refractivity contribution >= 4 is 23.4 Å². The third-order valence-electron chi connectivity index (χ3n) is 5.40. The minimum Gasteiger partial charge on any atom is -0.391 e. The number of hydrogen-bond donors (Lipinski definition) is 2. The lowest BCUT2D eigenvalue weighted by Gasteiger charge is -2.38. The minimum absolute atomic E-state index is 0.141. The first-order chi connectivity index (χ1) is 12.4. The van der Waals surface area contributed by atoms with Crippen molar-refractivity contribution in [3.05, 3.63) is 34.9 Å². The van der Waals surface area contributed by atoms with Gasteiger partial charge >= 0.3 is 0 Å². The Kier molecular flexibility index (Phi) is 6.16. The molecule has 6 nitrogen and oxygen atoms in total. The van der Waals surface area contributed by atoms with Gasteiger partial charge in [0.15, 0.2) is 0 Å². The van der Waals surface area contributed by atoms with Crippen LogP contribution in [-0.2, 0) is 4.79 Å². The number of nitrogens with zero attached hydrogens (tertiary/aromatic N) is 2. The van der Waals surface area contributed by atoms with E-state index in [1.54, 1.807) is 24.3 Å². The Hall–Kier alpha value is -1.63. The number of aliphatic hydroxyl groups is 1. The summed E-state index contributed by atoms with van der Waals surface area (Å²) in [7, 11) is 2.06. The molecule has 0 aromatic heterocycles. The zero-order valence-corrected chi connectivity index (χ0v) is 15.8. The third kappa shape index (κ3) is 4.55. The van der Waals surface area contributed by atoms with Crippen LogP contribution in [0.1, 0.15) is 29.6 Å². The average molecular weight is 380 g/mol. The highest BCUT2D eigenvalue weighted by molar-refractivity contribution is 6.30. The fourth-order valence-electron chi connectivity index (χ4n) is 3.67. The van der Waals surface area contributed by atoms with Crippen molar-refractivity contribution in [1.82, 2.24) is 15.1 Å². The number of amides is 2. The number of carbonyl (C=O) groups is 2. The van der Waals surface area contributed by atoms with Crippen LogP contribution < -0.4 is 5.32 Å². The maximum Gasteiger partial charge on any atom is 0.251 e. The highest BCUT2D eigenvalue weighted by Crippen LogP contribution is 2.27. The summed E-state index contributed by atoms with van der Waals surface area (Å²) in [6, 6.07) is 6.22. The SMILES string of the molecule is CN1CCN(C(=O)[C@H]2CC[C@@H](O)[C@H](NC(=O)c3ccc(Cl)cc3)C2)CC1. The van der Waals surface area contributed by atoms with Gasteiger partial charge < -0.3 is 20.2 Å². The molecule has 2 aliphatic rings. The van der Waals surface area contributed by atoms with Gasteiger partial charge in [-0.05, 0) is 50.6 Å². The normalized spacial score (nSPS) is 27.2. The molecule has 1 heterocycles. The molecule has 142 valence electrons. The summed E-state index contributed by atoms with van der Waals surface area (Å²) in [5.41, 5.74) is 0.495. The minimum atomic E-state index is -0.622. The van der Waals surface area contributed by atoms with E-state index in [4.69, 9.17) is 11.6 Å². The smallest absolute Gasteiger partial charge is 0.251 e. The maximum atomic E-state index is 12.8. The van der Waals surface area contributed by atoms with Gasteiger partial charge in [-0.1, -0.05) is 11.6 Å². The van der Waals surface area contributed by atoms with E-state index in [2.05, 4.69) is 17.3 Å². The molecule has 1 aliphatic carbocycles. The maximum absolute atomic E-state index is 12.8. The predicted molar refractivity (Wildman–Crippen MR) is 100 cm³/mol. The van der Waals surface area contributed by atoms with Gasteiger partial charge in [-0.25, -0.2) is 0 Å². The van der Waals surface area contributed by atoms with E-state index in [0.29, 0.717) is 29.8 Å². The summed E-state index contributed by atoms with van der Waals surface area (Å²) in [5, 5.41) is 13.7. The number of hydrogen-bond acceptors (Lipinski definition) is 4. The molecule has 2 fully saturated rings. The van der Waals surface area contributed by atoms with Crippen LogP contribution in [0.2, 0.25) is 5.02 Å². The van der Waals surface area contributed by atoms with Crippen molar-refractivity contribution in [2.24, 2.45) is 5.92 Å². The molecule has 0 spiro atoms. The van der Waals surface area contributed by atoms with Crippen molar-refractivity contribution in [1.29, 1.82) is 0 Å². The van der Waals surface area contributed by atoms with E-state index >= 15 is 0 Å². The van der Waals surface area contributed by atoms with Gasteiger partial charge in [-0.3, -0.25) is 9.59 Å². The molecule has 2 N–H and O–H groups in total. The van der Waals surface area contributed by atoms with Gasteiger partial charge in [-0.2, -0.15) is 0 Å². The first kappa shape index (κ1) is 19.1. The Bertz CT molecular complexity index is 644. The highest BCUT2D eigenvalue weighted by atomic mass is 35.5. The molecule has 3 rings (SSSR count). The molecule has 26 heavy (non-hydrogen) atoms. The zero-order chi connectivity index (χ0) is 18.7. The van der Waals surface area contributed by atoms with E-state index in [0.717, 1.165) is 26.2 Å². The number of halogens is 1. The van der Waals surface area contributed by atoms with Crippen molar-refractivity contribution in [2.45, 2.75) is 31.4 Å². The van der Waals surface area contributed by atoms with E-state index in [1.807, 2.05) is 4.90 Å². The van der Waals surface area contributed by atoms with Gasteiger partial charge in [0, 0.05) is 42.7 Å². The largest absolute Gasteiger partial charge is 0.391 e. The summed E-state index contributed by atoms with van der Waals surface area (Å²) in [6.45, 7) is 3.27. The molecule has 1 aromatic rings. The standard InChI is InChI=1S/C19H26ClN3O3/c1-22-8-10-23(11-9-22)19(26)14-4-7-17(24)16(12-14)21-18(25)13-2-5-15(20)6-3-13/h2-3,5-6,14,16-17,24H,4,7-12H2,1H3,(H,21,25)/t14-,16+,17+/m0/s1. The monoisotopic (exact) mass is 379 g/mol. The lowest BCUT2D eigenvalue weighted by molar-refractivity contribution is -0.139. The predicted octanol–water partition coefficient (Wildman–Crippen LogP) is 1.37. The molecule has 3 atom stereocenters. The van der Waals surface area contributed by atoms with Gasteiger partial charge in [0.25, 0.3) is 5.91 Å². The van der Waals surface area contributed by atoms with E-state index < -0.39 is 12.1 Å². The van der Waals surface area contributed by atoms with Crippen LogP contribution in [0, 0.1) is 5.92 Å². The molecule has 2 amide bonds. The molecule has 1 saturated heterocycles. The summed E-state index contributed by atoms with van der Waals surface area (Å²) >= 11 is 5.85. The molecular formula is C19H26ClN3O3. The first-order valence-corrected chi connectivity index (χ1v) is 9.53. The molecule has 0 unspecified atom stereocenters. The van der Waals surface area contributed by atoms with Gasteiger partial charge in [0.05, 0.1) is 12.1 Å². The van der Waals surface area contributed by atoms with Gasteiger partial charge in [0.1, 0.15) is 0 Å². The van der Waals surface area contributed by atoms with Crippen LogP contribution in [0.5, 0.6) is 0 Å². The number of carbonyl (C=O) groups excluding carboxylic acids is 2. The van der Waals surface area contributed by atoms with Crippen molar-refractivity contribution in [2.75, 3.05) is 33.2 Å². The number of benzene rings is 1. The number of aliphatic hydroxyl groups excluding tert-OH is 1. The molecule has 0 bridgehead atoms. The Morgan fingerprint density at radius 1 is 1.12 bits per heavy atom. The Morgan fingerprint density at radius 3 is 2.42 bits per heavy atom. The molecule has 1 saturated carbocycles. The zero-order valence-electron chi connectivity index (χ0n) is 15.0. The van der Waals surface area contributed by atoms with Gasteiger partial charge in [0.2, 0.25) is 5.91 Å². The van der Waals surface area contributed by atoms with Crippen molar-refractivity contribution < 1.29 is 14.7 Å². The summed E-state index contributed by atoms with van der Waals surface area (Å²) in [4.78, 5) is 29.4. The van der Waals surface area contributed by atoms with Crippen LogP contribution in [0.15, 0.2) is 24.3 Å². The molecule has 7 heteroatoms. The topological polar surface area (TPSA) is 72.9 Å². The van der Waals surface area contributed by atoms with E-state index in [1.165, 1.54) is 0 Å². The summed E-state index contributed by atoms with van der Waals surface area (Å²) in [5.74, 6) is -0.244. The molecule has 0 radical (unpaired) electrons. The van der Waals surface area contributed by atoms with Crippen molar-refractivity contribution in [3.63, 3.8) is 0 Å². The fourth-order valence-corrected chi connectivity index (χ4v) is 3.80. The third-order valence-corrected chi connectivity index (χ3v) is 5.65. The molecular weight excluding hydrogens is 354 g/mol. The van der Waals surface area contributed by atoms with E-state index in [-0.39, 0.29) is 17.7 Å². The second kappa shape index (κ2) is 8.37. The molecule has 1 aliphatic heterocycles. The van der Waals surface area contributed by atoms with Crippen LogP contribution in [-0.4, -0.2) is 72.1 Å². The number of rotatable bonds is 3. The van der Waals surface area contributed by atoms with E-state index in [9.17, 15) is 14.7 Å². The van der Waals surface area contributed by atoms with Crippen LogP contribution in [0.3, 0.4) is 0 Å². The number of nitrogens with one attached hydrogen (secondary N) is 1. The lowest BCUT2D eigenvalue weighted by Crippen LogP contribution is -2.53. The number of piperazine rings is 1. The Morgan fingerprint density at radius 2 is 1.77 bits per heavy atom. The Balaban J connectivity index is 1.60. The highest BCUT2D eigenvalue weighted by Gasteiger charge is 2.36. The summed E-state index contributed by atoms with van der Waals surface area (Å²) in [6.07, 6.45) is 1.05. The first-order valence-electron chi connectivity index (χ1n) is 9.16. The molecule has 1 aromatic carbocycles. The fraction of sp³-hybridized carbons (Fsp3) is 0.579. The van der Waals surface area contributed by atoms with Crippen LogP contribution >= 0.6 is 11.6 Å². The number of likely N-dealkylation sites (N-methyl/N-ethyl adjacent to an activating group) is 1. The van der Waals surface area contributed by atoms with Crippen molar-refractivity contribution in [3.8, 4) is 0 Å². The second-order valence-corrected chi connectivity index (χ2v) is 7.73. The quantitative estimate of drug-likeness (QED) is 0.832. The van der Waals surface area contributed by atoms with Crippen LogP contribution in [0.25, 0.3) is 0 Å². The Labute approximate surface area is 159 Å². The van der Waals surface area contributed by atoms with Crippen LogP contribution in [0.4, 0.5) is 0 Å².